The van der Waals surface area contributed by atoms with Crippen LogP contribution >= 0.6 is 11.6 Å². The van der Waals surface area contributed by atoms with Crippen LogP contribution in [0.15, 0.2) is 48.5 Å². The van der Waals surface area contributed by atoms with E-state index in [2.05, 4.69) is 15.9 Å². The number of hydrogen-bond donors (Lipinski definition) is 0. The third-order valence-electron chi connectivity index (χ3n) is 5.56. The van der Waals surface area contributed by atoms with Gasteiger partial charge in [-0.05, 0) is 49.2 Å². The molecule has 4 rings (SSSR count). The Labute approximate surface area is 159 Å². The first-order chi connectivity index (χ1) is 12.6. The zero-order valence-corrected chi connectivity index (χ0v) is 15.7. The molecular weight excluding hydrogens is 348 g/mol. The Balaban J connectivity index is 1.46. The maximum absolute atomic E-state index is 13.1. The number of nitrogens with zero attached hydrogens (tertiary/aromatic N) is 2. The molecule has 2 aromatic carbocycles. The number of halogens is 1. The molecule has 0 atom stereocenters. The van der Waals surface area contributed by atoms with Crippen LogP contribution in [0, 0.1) is 0 Å². The second-order valence-corrected chi connectivity index (χ2v) is 7.45. The maximum Gasteiger partial charge on any atom is 0.183 e. The number of benzene rings is 2. The third kappa shape index (κ3) is 3.08. The van der Waals surface area contributed by atoms with E-state index in [9.17, 15) is 4.79 Å². The van der Waals surface area contributed by atoms with Gasteiger partial charge in [0, 0.05) is 36.8 Å². The summed E-state index contributed by atoms with van der Waals surface area (Å²) in [5.74, 6) is 1.14. The van der Waals surface area contributed by atoms with E-state index in [-0.39, 0.29) is 11.3 Å². The number of Topliss-reactive ketones (excluding diaryl/α,β-unsaturated/α-hetero) is 1. The standard InChI is InChI=1S/C21H23ClN2O2/c1-26-19-5-3-2-4-18(19)23-12-14-24(15-13-23)21(10-11-21)20(25)16-6-8-17(22)9-7-16/h2-9H,10-15H2,1H3. The third-order valence-corrected chi connectivity index (χ3v) is 5.82. The summed E-state index contributed by atoms with van der Waals surface area (Å²) in [6.07, 6.45) is 1.90. The predicted octanol–water partition coefficient (Wildman–Crippen LogP) is 3.89. The van der Waals surface area contributed by atoms with Crippen LogP contribution in [-0.2, 0) is 0 Å². The Morgan fingerprint density at radius 3 is 2.27 bits per heavy atom. The number of hydrogen-bond acceptors (Lipinski definition) is 4. The molecule has 0 bridgehead atoms. The van der Waals surface area contributed by atoms with Crippen molar-refractivity contribution >= 4 is 23.1 Å². The first-order valence-corrected chi connectivity index (χ1v) is 9.45. The van der Waals surface area contributed by atoms with Gasteiger partial charge in [0.1, 0.15) is 5.75 Å². The zero-order valence-electron chi connectivity index (χ0n) is 15.0. The molecule has 0 spiro atoms. The molecule has 0 radical (unpaired) electrons. The normalized spacial score (nSPS) is 19.2. The molecule has 4 nitrogen and oxygen atoms in total. The first-order valence-electron chi connectivity index (χ1n) is 9.07. The highest BCUT2D eigenvalue weighted by Crippen LogP contribution is 2.45. The average molecular weight is 371 g/mol. The smallest absolute Gasteiger partial charge is 0.183 e. The summed E-state index contributed by atoms with van der Waals surface area (Å²) in [6.45, 7) is 3.57. The fraction of sp³-hybridized carbons (Fsp3) is 0.381. The molecule has 0 N–H and O–H groups in total. The Morgan fingerprint density at radius 1 is 1.00 bits per heavy atom. The first kappa shape index (κ1) is 17.4. The molecule has 26 heavy (non-hydrogen) atoms. The van der Waals surface area contributed by atoms with Gasteiger partial charge >= 0.3 is 0 Å². The van der Waals surface area contributed by atoms with Gasteiger partial charge in [0.05, 0.1) is 18.3 Å². The van der Waals surface area contributed by atoms with Crippen LogP contribution in [0.5, 0.6) is 5.75 Å². The number of para-hydroxylation sites is 2. The molecule has 2 fully saturated rings. The van der Waals surface area contributed by atoms with E-state index in [4.69, 9.17) is 16.3 Å². The van der Waals surface area contributed by atoms with Crippen molar-refractivity contribution in [1.82, 2.24) is 4.90 Å². The molecular formula is C21H23ClN2O2. The van der Waals surface area contributed by atoms with Gasteiger partial charge in [-0.25, -0.2) is 0 Å². The lowest BCUT2D eigenvalue weighted by atomic mass is 10.00. The van der Waals surface area contributed by atoms with Crippen LogP contribution in [0.3, 0.4) is 0 Å². The number of rotatable bonds is 5. The molecule has 136 valence electrons. The molecule has 1 saturated heterocycles. The highest BCUT2D eigenvalue weighted by molar-refractivity contribution is 6.30. The summed E-state index contributed by atoms with van der Waals surface area (Å²) in [5, 5.41) is 0.664. The minimum atomic E-state index is -0.305. The lowest BCUT2D eigenvalue weighted by molar-refractivity contribution is 0.0764. The molecule has 2 aromatic rings. The fourth-order valence-corrected chi connectivity index (χ4v) is 4.07. The van der Waals surface area contributed by atoms with Crippen LogP contribution in [0.1, 0.15) is 23.2 Å². The second-order valence-electron chi connectivity index (χ2n) is 7.01. The van der Waals surface area contributed by atoms with E-state index in [1.54, 1.807) is 19.2 Å². The van der Waals surface area contributed by atoms with Crippen molar-refractivity contribution < 1.29 is 9.53 Å². The van der Waals surface area contributed by atoms with Gasteiger partial charge in [0.2, 0.25) is 0 Å². The lowest BCUT2D eigenvalue weighted by Crippen LogP contribution is -2.54. The van der Waals surface area contributed by atoms with Crippen molar-refractivity contribution in [2.24, 2.45) is 0 Å². The second kappa shape index (κ2) is 6.93. The minimum absolute atomic E-state index is 0.236. The monoisotopic (exact) mass is 370 g/mol. The molecule has 1 aliphatic heterocycles. The van der Waals surface area contributed by atoms with Gasteiger partial charge in [-0.2, -0.15) is 0 Å². The molecule has 0 amide bonds. The fourth-order valence-electron chi connectivity index (χ4n) is 3.94. The molecule has 1 heterocycles. The lowest BCUT2D eigenvalue weighted by Gasteiger charge is -2.40. The summed E-state index contributed by atoms with van der Waals surface area (Å²) < 4.78 is 5.49. The van der Waals surface area contributed by atoms with Gasteiger partial charge in [-0.3, -0.25) is 9.69 Å². The van der Waals surface area contributed by atoms with E-state index in [0.717, 1.165) is 56.0 Å². The largest absolute Gasteiger partial charge is 0.495 e. The van der Waals surface area contributed by atoms with Crippen molar-refractivity contribution in [3.8, 4) is 5.75 Å². The topological polar surface area (TPSA) is 32.8 Å². The van der Waals surface area contributed by atoms with Crippen molar-refractivity contribution in [3.05, 3.63) is 59.1 Å². The van der Waals surface area contributed by atoms with E-state index in [1.807, 2.05) is 30.3 Å². The highest BCUT2D eigenvalue weighted by Gasteiger charge is 2.54. The van der Waals surface area contributed by atoms with Gasteiger partial charge in [-0.1, -0.05) is 23.7 Å². The van der Waals surface area contributed by atoms with Crippen LogP contribution in [0.2, 0.25) is 5.02 Å². The van der Waals surface area contributed by atoms with Crippen LogP contribution < -0.4 is 9.64 Å². The van der Waals surface area contributed by atoms with Crippen molar-refractivity contribution in [1.29, 1.82) is 0 Å². The average Bonchev–Trinajstić information content (AvgIpc) is 3.50. The summed E-state index contributed by atoms with van der Waals surface area (Å²) >= 11 is 5.96. The van der Waals surface area contributed by atoms with E-state index in [0.29, 0.717) is 5.02 Å². The number of ether oxygens (including phenoxy) is 1. The highest BCUT2D eigenvalue weighted by atomic mass is 35.5. The van der Waals surface area contributed by atoms with Crippen LogP contribution in [0.4, 0.5) is 5.69 Å². The summed E-state index contributed by atoms with van der Waals surface area (Å²) in [6, 6.07) is 15.4. The predicted molar refractivity (Wildman–Crippen MR) is 105 cm³/mol. The molecule has 2 aliphatic rings. The number of methoxy groups -OCH3 is 1. The number of carbonyl (C=O) groups is 1. The molecule has 1 aliphatic carbocycles. The molecule has 0 unspecified atom stereocenters. The molecule has 1 saturated carbocycles. The number of ketones is 1. The zero-order chi connectivity index (χ0) is 18.1. The van der Waals surface area contributed by atoms with Gasteiger partial charge < -0.3 is 9.64 Å². The Morgan fingerprint density at radius 2 is 1.65 bits per heavy atom. The Bertz CT molecular complexity index is 794. The Hall–Kier alpha value is -2.04. The van der Waals surface area contributed by atoms with E-state index >= 15 is 0 Å². The van der Waals surface area contributed by atoms with Crippen LogP contribution in [0.25, 0.3) is 0 Å². The van der Waals surface area contributed by atoms with E-state index in [1.165, 1.54) is 0 Å². The van der Waals surface area contributed by atoms with Gasteiger partial charge in [0.25, 0.3) is 0 Å². The van der Waals surface area contributed by atoms with Crippen molar-refractivity contribution in [3.63, 3.8) is 0 Å². The molecule has 0 aromatic heterocycles. The van der Waals surface area contributed by atoms with E-state index < -0.39 is 0 Å². The molecule has 5 heteroatoms. The maximum atomic E-state index is 13.1. The summed E-state index contributed by atoms with van der Waals surface area (Å²) in [4.78, 5) is 17.8. The minimum Gasteiger partial charge on any atom is -0.495 e. The van der Waals surface area contributed by atoms with Crippen molar-refractivity contribution in [2.45, 2.75) is 18.4 Å². The van der Waals surface area contributed by atoms with Gasteiger partial charge in [-0.15, -0.1) is 0 Å². The van der Waals surface area contributed by atoms with Crippen LogP contribution in [-0.4, -0.2) is 49.5 Å². The number of piperazine rings is 1. The Kier molecular flexibility index (Phi) is 4.63. The quantitative estimate of drug-likeness (QED) is 0.747. The summed E-state index contributed by atoms with van der Waals surface area (Å²) in [7, 11) is 1.71. The number of anilines is 1. The SMILES string of the molecule is COc1ccccc1N1CCN(C2(C(=O)c3ccc(Cl)cc3)CC2)CC1. The summed E-state index contributed by atoms with van der Waals surface area (Å²) in [5.41, 5.74) is 1.59. The van der Waals surface area contributed by atoms with Crippen molar-refractivity contribution in [2.75, 3.05) is 38.2 Å². The van der Waals surface area contributed by atoms with Gasteiger partial charge in [0.15, 0.2) is 5.78 Å². The number of carbonyl (C=O) groups excluding carboxylic acids is 1.